The summed E-state index contributed by atoms with van der Waals surface area (Å²) in [5, 5.41) is 1.24. The number of fused-ring (bicyclic) bond motifs is 1. The Morgan fingerprint density at radius 2 is 1.87 bits per heavy atom. The second-order valence-electron chi connectivity index (χ2n) is 3.16. The van der Waals surface area contributed by atoms with Crippen molar-refractivity contribution in [1.82, 2.24) is 4.98 Å². The molecule has 0 atom stereocenters. The Balaban J connectivity index is 0.00000112. The molecule has 0 aliphatic carbocycles. The zero-order valence-electron chi connectivity index (χ0n) is 7.89. The second-order valence-corrected chi connectivity index (χ2v) is 4.87. The van der Waals surface area contributed by atoms with Crippen molar-refractivity contribution in [2.24, 2.45) is 5.73 Å². The highest BCUT2D eigenvalue weighted by Crippen LogP contribution is 2.29. The van der Waals surface area contributed by atoms with E-state index in [1.807, 2.05) is 6.20 Å². The lowest BCUT2D eigenvalue weighted by atomic mass is 10.1. The summed E-state index contributed by atoms with van der Waals surface area (Å²) in [6, 6.07) is 4.18. The fourth-order valence-electron chi connectivity index (χ4n) is 1.54. The van der Waals surface area contributed by atoms with Crippen LogP contribution in [0.3, 0.4) is 0 Å². The third-order valence-corrected chi connectivity index (χ3v) is 4.07. The lowest BCUT2D eigenvalue weighted by Crippen LogP contribution is -2.01. The molecule has 0 amide bonds. The largest absolute Gasteiger partial charge is 0.361 e. The van der Waals surface area contributed by atoms with Crippen LogP contribution in [0.4, 0.5) is 0 Å². The highest BCUT2D eigenvalue weighted by molar-refractivity contribution is 9.13. The topological polar surface area (TPSA) is 41.8 Å². The van der Waals surface area contributed by atoms with Gasteiger partial charge in [0, 0.05) is 26.0 Å². The van der Waals surface area contributed by atoms with Gasteiger partial charge in [-0.2, -0.15) is 0 Å². The molecule has 3 N–H and O–H groups in total. The summed E-state index contributed by atoms with van der Waals surface area (Å²) in [4.78, 5) is 3.23. The molecular formula is C10H11Br2ClN2. The van der Waals surface area contributed by atoms with E-state index in [9.17, 15) is 0 Å². The summed E-state index contributed by atoms with van der Waals surface area (Å²) < 4.78 is 2.13. The molecule has 0 spiro atoms. The molecule has 82 valence electrons. The molecule has 1 aromatic carbocycles. The maximum Gasteiger partial charge on any atom is 0.0468 e. The number of H-pyrrole nitrogens is 1. The van der Waals surface area contributed by atoms with Crippen LogP contribution in [0.1, 0.15) is 5.56 Å². The monoisotopic (exact) mass is 352 g/mol. The Morgan fingerprint density at radius 1 is 1.20 bits per heavy atom. The lowest BCUT2D eigenvalue weighted by molar-refractivity contribution is 0.976. The van der Waals surface area contributed by atoms with Crippen LogP contribution in [0.25, 0.3) is 10.9 Å². The molecule has 1 heterocycles. The summed E-state index contributed by atoms with van der Waals surface area (Å²) in [5.74, 6) is 0. The Bertz CT molecular complexity index is 468. The average Bonchev–Trinajstić information content (AvgIpc) is 2.51. The van der Waals surface area contributed by atoms with Gasteiger partial charge in [0.1, 0.15) is 0 Å². The van der Waals surface area contributed by atoms with E-state index in [4.69, 9.17) is 5.73 Å². The molecular weight excluding hydrogens is 343 g/mol. The molecule has 2 nitrogen and oxygen atoms in total. The van der Waals surface area contributed by atoms with Gasteiger partial charge < -0.3 is 10.7 Å². The Kier molecular flexibility index (Phi) is 4.64. The molecule has 2 aromatic rings. The fourth-order valence-corrected chi connectivity index (χ4v) is 2.22. The van der Waals surface area contributed by atoms with Crippen molar-refractivity contribution in [2.75, 3.05) is 6.54 Å². The van der Waals surface area contributed by atoms with Crippen molar-refractivity contribution in [3.05, 3.63) is 32.8 Å². The van der Waals surface area contributed by atoms with Crippen molar-refractivity contribution < 1.29 is 0 Å². The van der Waals surface area contributed by atoms with Crippen LogP contribution < -0.4 is 5.73 Å². The summed E-state index contributed by atoms with van der Waals surface area (Å²) >= 11 is 6.97. The molecule has 0 aliphatic rings. The number of nitrogens with one attached hydrogen (secondary N) is 1. The van der Waals surface area contributed by atoms with E-state index in [0.717, 1.165) is 20.9 Å². The molecule has 0 fully saturated rings. The number of benzene rings is 1. The standard InChI is InChI=1S/C10H10Br2N2.ClH/c11-8-3-7-6(1-2-13)5-14-10(7)4-9(8)12;/h3-5,14H,1-2,13H2;1H. The maximum atomic E-state index is 5.54. The first-order valence-electron chi connectivity index (χ1n) is 4.37. The van der Waals surface area contributed by atoms with E-state index in [1.165, 1.54) is 10.9 Å². The van der Waals surface area contributed by atoms with Gasteiger partial charge in [-0.15, -0.1) is 12.4 Å². The SMILES string of the molecule is Cl.NCCc1c[nH]c2cc(Br)c(Br)cc12. The van der Waals surface area contributed by atoms with Gasteiger partial charge in [-0.1, -0.05) is 0 Å². The summed E-state index contributed by atoms with van der Waals surface area (Å²) in [6.45, 7) is 0.681. The van der Waals surface area contributed by atoms with E-state index >= 15 is 0 Å². The van der Waals surface area contributed by atoms with Gasteiger partial charge >= 0.3 is 0 Å². The highest BCUT2D eigenvalue weighted by Gasteiger charge is 2.05. The molecule has 0 radical (unpaired) electrons. The van der Waals surface area contributed by atoms with Gasteiger partial charge in [0.2, 0.25) is 0 Å². The minimum atomic E-state index is 0. The predicted octanol–water partition coefficient (Wildman–Crippen LogP) is 3.62. The zero-order chi connectivity index (χ0) is 10.1. The molecule has 5 heteroatoms. The summed E-state index contributed by atoms with van der Waals surface area (Å²) in [6.07, 6.45) is 2.93. The van der Waals surface area contributed by atoms with E-state index in [1.54, 1.807) is 0 Å². The molecule has 0 saturated heterocycles. The molecule has 0 aliphatic heterocycles. The smallest absolute Gasteiger partial charge is 0.0468 e. The van der Waals surface area contributed by atoms with Crippen molar-refractivity contribution in [1.29, 1.82) is 0 Å². The first-order valence-corrected chi connectivity index (χ1v) is 5.96. The number of aromatic amines is 1. The van der Waals surface area contributed by atoms with Gasteiger partial charge in [-0.3, -0.25) is 0 Å². The van der Waals surface area contributed by atoms with E-state index in [-0.39, 0.29) is 12.4 Å². The summed E-state index contributed by atoms with van der Waals surface area (Å²) in [7, 11) is 0. The average molecular weight is 354 g/mol. The van der Waals surface area contributed by atoms with Crippen LogP contribution in [-0.4, -0.2) is 11.5 Å². The minimum Gasteiger partial charge on any atom is -0.361 e. The van der Waals surface area contributed by atoms with Crippen LogP contribution in [0, 0.1) is 0 Å². The van der Waals surface area contributed by atoms with Gasteiger partial charge in [-0.25, -0.2) is 0 Å². The van der Waals surface area contributed by atoms with E-state index < -0.39 is 0 Å². The van der Waals surface area contributed by atoms with Crippen LogP contribution >= 0.6 is 44.3 Å². The number of hydrogen-bond donors (Lipinski definition) is 2. The van der Waals surface area contributed by atoms with Crippen molar-refractivity contribution >= 4 is 55.2 Å². The number of rotatable bonds is 2. The molecule has 0 bridgehead atoms. The van der Waals surface area contributed by atoms with Crippen molar-refractivity contribution in [3.63, 3.8) is 0 Å². The number of aromatic nitrogens is 1. The summed E-state index contributed by atoms with van der Waals surface area (Å²) in [5.41, 5.74) is 7.96. The van der Waals surface area contributed by atoms with Crippen LogP contribution in [0.2, 0.25) is 0 Å². The molecule has 0 unspecified atom stereocenters. The van der Waals surface area contributed by atoms with Crippen LogP contribution in [0.15, 0.2) is 27.3 Å². The predicted molar refractivity (Wildman–Crippen MR) is 73.7 cm³/mol. The second kappa shape index (κ2) is 5.34. The van der Waals surface area contributed by atoms with Gasteiger partial charge in [-0.05, 0) is 62.5 Å². The molecule has 15 heavy (non-hydrogen) atoms. The van der Waals surface area contributed by atoms with Crippen molar-refractivity contribution in [2.45, 2.75) is 6.42 Å². The fraction of sp³-hybridized carbons (Fsp3) is 0.200. The first-order chi connectivity index (χ1) is 6.72. The zero-order valence-corrected chi connectivity index (χ0v) is 11.9. The third kappa shape index (κ3) is 2.56. The Labute approximate surface area is 111 Å². The highest BCUT2D eigenvalue weighted by atomic mass is 79.9. The molecule has 2 rings (SSSR count). The first kappa shape index (κ1) is 13.0. The normalized spacial score (nSPS) is 10.3. The van der Waals surface area contributed by atoms with Crippen molar-refractivity contribution in [3.8, 4) is 0 Å². The quantitative estimate of drug-likeness (QED) is 0.850. The van der Waals surface area contributed by atoms with Gasteiger partial charge in [0.15, 0.2) is 0 Å². The van der Waals surface area contributed by atoms with Crippen LogP contribution in [-0.2, 0) is 6.42 Å². The Morgan fingerprint density at radius 3 is 2.53 bits per heavy atom. The Hall–Kier alpha value is -0.0300. The van der Waals surface area contributed by atoms with Gasteiger partial charge in [0.25, 0.3) is 0 Å². The third-order valence-electron chi connectivity index (χ3n) is 2.22. The number of hydrogen-bond acceptors (Lipinski definition) is 1. The van der Waals surface area contributed by atoms with E-state index in [2.05, 4.69) is 49.0 Å². The number of halogens is 3. The maximum absolute atomic E-state index is 5.54. The minimum absolute atomic E-state index is 0. The molecule has 1 aromatic heterocycles. The molecule has 0 saturated carbocycles. The van der Waals surface area contributed by atoms with Gasteiger partial charge in [0.05, 0.1) is 0 Å². The number of nitrogens with two attached hydrogens (primary N) is 1. The van der Waals surface area contributed by atoms with Crippen LogP contribution in [0.5, 0.6) is 0 Å². The lowest BCUT2D eigenvalue weighted by Gasteiger charge is -1.99. The van der Waals surface area contributed by atoms with E-state index in [0.29, 0.717) is 6.54 Å².